The standard InChI is InChI=1S/C35H45NO11/c1-10-27(40)45-30-21(4)17-35(47-24(7)39)28(30)29(44-23(6)38)20(3)16-26(43-22(5)37)32(34(8,9)14-13-19(2)31(35)41)46-33(42)25-12-11-15-36-18-25/h11-15,18-19,21,26,28-30,32H,3,10,16-17H2,1-2,4-9H3/b14-13+/t19-,21?,26-,28-,29+,30-,32+,35+/m0/s1. The quantitative estimate of drug-likeness (QED) is 0.230. The first-order valence-electron chi connectivity index (χ1n) is 15.7. The van der Waals surface area contributed by atoms with Gasteiger partial charge in [0.15, 0.2) is 11.4 Å². The molecule has 0 aromatic carbocycles. The van der Waals surface area contributed by atoms with Crippen molar-refractivity contribution in [2.75, 3.05) is 0 Å². The number of carbonyl (C=O) groups excluding carboxylic acids is 6. The lowest BCUT2D eigenvalue weighted by molar-refractivity contribution is -0.186. The van der Waals surface area contributed by atoms with Gasteiger partial charge in [-0.25, -0.2) is 4.79 Å². The van der Waals surface area contributed by atoms with Crippen LogP contribution in [0, 0.1) is 23.2 Å². The second-order valence-corrected chi connectivity index (χ2v) is 12.9. The first-order valence-corrected chi connectivity index (χ1v) is 15.7. The minimum absolute atomic E-state index is 0.0242. The second-order valence-electron chi connectivity index (χ2n) is 12.9. The van der Waals surface area contributed by atoms with Crippen molar-refractivity contribution >= 4 is 35.6 Å². The monoisotopic (exact) mass is 655 g/mol. The van der Waals surface area contributed by atoms with E-state index < -0.39 is 88.8 Å². The SMILES string of the molecule is C=C1C[C@H](OC(C)=O)[C@@H](OC(=O)c2cccnc2)C(C)(C)/C=C/[C@H](C)C(=O)[C@@]2(OC(C)=O)CC(C)[C@H](OC(=O)CC)[C@@H]2[C@@H]1OC(C)=O. The van der Waals surface area contributed by atoms with E-state index in [1.807, 2.05) is 0 Å². The number of esters is 5. The molecule has 0 spiro atoms. The molecule has 2 aliphatic rings. The number of ether oxygens (including phenoxy) is 5. The van der Waals surface area contributed by atoms with Gasteiger partial charge < -0.3 is 23.7 Å². The maximum Gasteiger partial charge on any atom is 0.340 e. The van der Waals surface area contributed by atoms with Crippen molar-refractivity contribution in [3.63, 3.8) is 0 Å². The van der Waals surface area contributed by atoms with Crippen LogP contribution in [0.5, 0.6) is 0 Å². The first kappa shape index (κ1) is 37.1. The molecule has 0 N–H and O–H groups in total. The Bertz CT molecular complexity index is 1420. The summed E-state index contributed by atoms with van der Waals surface area (Å²) in [5, 5.41) is 0. The van der Waals surface area contributed by atoms with Crippen LogP contribution in [0.4, 0.5) is 0 Å². The number of aromatic nitrogens is 1. The van der Waals surface area contributed by atoms with E-state index in [0.29, 0.717) is 0 Å². The molecule has 256 valence electrons. The molecule has 47 heavy (non-hydrogen) atoms. The average molecular weight is 656 g/mol. The molecule has 1 aromatic heterocycles. The van der Waals surface area contributed by atoms with Crippen LogP contribution in [0.3, 0.4) is 0 Å². The van der Waals surface area contributed by atoms with Crippen molar-refractivity contribution in [3.8, 4) is 0 Å². The second kappa shape index (κ2) is 15.0. The third kappa shape index (κ3) is 8.52. The molecule has 1 heterocycles. The van der Waals surface area contributed by atoms with Crippen molar-refractivity contribution in [3.05, 3.63) is 54.4 Å². The lowest BCUT2D eigenvalue weighted by Crippen LogP contribution is -2.56. The maximum atomic E-state index is 14.5. The van der Waals surface area contributed by atoms with Gasteiger partial charge in [-0.3, -0.25) is 29.0 Å². The summed E-state index contributed by atoms with van der Waals surface area (Å²) in [4.78, 5) is 82.4. The highest BCUT2D eigenvalue weighted by atomic mass is 16.6. The van der Waals surface area contributed by atoms with E-state index in [-0.39, 0.29) is 30.4 Å². The number of rotatable bonds is 7. The number of Topliss-reactive ketones (excluding diaryl/α,β-unsaturated/α-hetero) is 1. The predicted molar refractivity (Wildman–Crippen MR) is 167 cm³/mol. The Hall–Kier alpha value is -4.35. The molecule has 0 radical (unpaired) electrons. The fourth-order valence-electron chi connectivity index (χ4n) is 6.59. The molecule has 2 aliphatic carbocycles. The Balaban J connectivity index is 2.31. The van der Waals surface area contributed by atoms with Crippen molar-refractivity contribution in [1.82, 2.24) is 4.98 Å². The number of carbonyl (C=O) groups is 6. The van der Waals surface area contributed by atoms with Gasteiger partial charge in [-0.15, -0.1) is 0 Å². The molecule has 1 saturated carbocycles. The Morgan fingerprint density at radius 1 is 0.979 bits per heavy atom. The molecule has 0 bridgehead atoms. The van der Waals surface area contributed by atoms with Crippen LogP contribution in [0.2, 0.25) is 0 Å². The maximum absolute atomic E-state index is 14.5. The van der Waals surface area contributed by atoms with Crippen LogP contribution in [-0.4, -0.2) is 70.6 Å². The highest BCUT2D eigenvalue weighted by Gasteiger charge is 2.65. The van der Waals surface area contributed by atoms with Crippen LogP contribution >= 0.6 is 0 Å². The minimum Gasteiger partial charge on any atom is -0.461 e. The molecule has 1 fully saturated rings. The van der Waals surface area contributed by atoms with Crippen molar-refractivity contribution in [2.45, 2.75) is 105 Å². The van der Waals surface area contributed by atoms with E-state index >= 15 is 0 Å². The summed E-state index contributed by atoms with van der Waals surface area (Å²) in [6, 6.07) is 3.10. The Morgan fingerprint density at radius 3 is 2.19 bits per heavy atom. The molecule has 12 nitrogen and oxygen atoms in total. The number of ketones is 1. The highest BCUT2D eigenvalue weighted by molar-refractivity contribution is 5.93. The number of allylic oxidation sites excluding steroid dienone is 1. The molecule has 1 aromatic rings. The predicted octanol–water partition coefficient (Wildman–Crippen LogP) is 4.50. The molecule has 0 saturated heterocycles. The van der Waals surface area contributed by atoms with Crippen molar-refractivity contribution in [1.29, 1.82) is 0 Å². The average Bonchev–Trinajstić information content (AvgIpc) is 3.25. The van der Waals surface area contributed by atoms with Crippen molar-refractivity contribution in [2.24, 2.45) is 23.2 Å². The van der Waals surface area contributed by atoms with E-state index in [1.54, 1.807) is 52.8 Å². The lowest BCUT2D eigenvalue weighted by Gasteiger charge is -2.42. The lowest BCUT2D eigenvalue weighted by atomic mass is 9.72. The summed E-state index contributed by atoms with van der Waals surface area (Å²) in [7, 11) is 0. The number of hydrogen-bond acceptors (Lipinski definition) is 12. The number of hydrogen-bond donors (Lipinski definition) is 0. The van der Waals surface area contributed by atoms with Crippen LogP contribution in [0.25, 0.3) is 0 Å². The van der Waals surface area contributed by atoms with E-state index in [4.69, 9.17) is 23.7 Å². The summed E-state index contributed by atoms with van der Waals surface area (Å²) < 4.78 is 29.4. The third-order valence-electron chi connectivity index (χ3n) is 8.61. The molecule has 12 heteroatoms. The largest absolute Gasteiger partial charge is 0.461 e. The highest BCUT2D eigenvalue weighted by Crippen LogP contribution is 2.51. The van der Waals surface area contributed by atoms with Gasteiger partial charge >= 0.3 is 29.8 Å². The van der Waals surface area contributed by atoms with Gasteiger partial charge in [0.25, 0.3) is 0 Å². The number of fused-ring (bicyclic) bond motifs is 1. The Labute approximate surface area is 275 Å². The topological polar surface area (TPSA) is 161 Å². The third-order valence-corrected chi connectivity index (χ3v) is 8.61. The van der Waals surface area contributed by atoms with Gasteiger partial charge in [-0.1, -0.05) is 53.3 Å². The molecule has 3 rings (SSSR count). The van der Waals surface area contributed by atoms with Gasteiger partial charge in [0.05, 0.1) is 11.5 Å². The molecule has 8 atom stereocenters. The number of pyridine rings is 1. The molecular weight excluding hydrogens is 610 g/mol. The molecule has 0 amide bonds. The zero-order valence-corrected chi connectivity index (χ0v) is 28.3. The minimum atomic E-state index is -1.89. The van der Waals surface area contributed by atoms with Gasteiger partial charge in [-0.05, 0) is 23.6 Å². The Morgan fingerprint density at radius 2 is 1.64 bits per heavy atom. The van der Waals surface area contributed by atoms with E-state index in [0.717, 1.165) is 0 Å². The fraction of sp³-hybridized carbons (Fsp3) is 0.571. The molecule has 0 aliphatic heterocycles. The van der Waals surface area contributed by atoms with Crippen LogP contribution in [0.15, 0.2) is 48.8 Å². The van der Waals surface area contributed by atoms with E-state index in [2.05, 4.69) is 11.6 Å². The van der Waals surface area contributed by atoms with Crippen LogP contribution in [-0.2, 0) is 47.7 Å². The van der Waals surface area contributed by atoms with E-state index in [1.165, 1.54) is 39.2 Å². The van der Waals surface area contributed by atoms with Crippen LogP contribution < -0.4 is 0 Å². The summed E-state index contributed by atoms with van der Waals surface area (Å²) in [6.45, 7) is 16.2. The smallest absolute Gasteiger partial charge is 0.340 e. The zero-order valence-electron chi connectivity index (χ0n) is 28.3. The number of nitrogens with zero attached hydrogens (tertiary/aromatic N) is 1. The zero-order chi connectivity index (χ0) is 35.3. The summed E-state index contributed by atoms with van der Waals surface area (Å²) >= 11 is 0. The van der Waals surface area contributed by atoms with Gasteiger partial charge in [0, 0.05) is 63.8 Å². The van der Waals surface area contributed by atoms with Crippen LogP contribution in [0.1, 0.15) is 85.0 Å². The fourth-order valence-corrected chi connectivity index (χ4v) is 6.59. The molecular formula is C35H45NO11. The molecule has 1 unspecified atom stereocenters. The van der Waals surface area contributed by atoms with Gasteiger partial charge in [0.1, 0.15) is 24.4 Å². The van der Waals surface area contributed by atoms with Crippen molar-refractivity contribution < 1.29 is 52.5 Å². The first-order chi connectivity index (χ1) is 21.9. The Kier molecular flexibility index (Phi) is 11.9. The van der Waals surface area contributed by atoms with Gasteiger partial charge in [0.2, 0.25) is 0 Å². The summed E-state index contributed by atoms with van der Waals surface area (Å²) in [5.41, 5.74) is -2.63. The summed E-state index contributed by atoms with van der Waals surface area (Å²) in [5.74, 6) is -6.60. The summed E-state index contributed by atoms with van der Waals surface area (Å²) in [6.07, 6.45) is 1.23. The van der Waals surface area contributed by atoms with Gasteiger partial charge in [-0.2, -0.15) is 0 Å². The van der Waals surface area contributed by atoms with E-state index in [9.17, 15) is 28.8 Å². The normalized spacial score (nSPS) is 31.2.